The molecule has 1 aliphatic rings. The van der Waals surface area contributed by atoms with E-state index in [1.807, 2.05) is 12.1 Å². The largest absolute Gasteiger partial charge is 0.395 e. The summed E-state index contributed by atoms with van der Waals surface area (Å²) >= 11 is 3.48. The first kappa shape index (κ1) is 13.3. The van der Waals surface area contributed by atoms with Gasteiger partial charge in [0.2, 0.25) is 0 Å². The third-order valence-corrected chi connectivity index (χ3v) is 4.04. The molecule has 0 saturated carbocycles. The second-order valence-corrected chi connectivity index (χ2v) is 5.28. The standard InChI is InChI=1S/C13H13BrN4O2/c14-10-11(9-1-3-15-4-2-9)16-18-6-5-17(7-8-19)13(20)12(10)18/h1-4,19H,5-8H2. The summed E-state index contributed by atoms with van der Waals surface area (Å²) < 4.78 is 2.41. The van der Waals surface area contributed by atoms with Crippen molar-refractivity contribution in [3.63, 3.8) is 0 Å². The zero-order valence-electron chi connectivity index (χ0n) is 10.7. The maximum absolute atomic E-state index is 12.4. The molecule has 7 heteroatoms. The summed E-state index contributed by atoms with van der Waals surface area (Å²) in [5, 5.41) is 13.5. The number of aliphatic hydroxyl groups is 1. The molecule has 3 rings (SSSR count). The maximum Gasteiger partial charge on any atom is 0.273 e. The second-order valence-electron chi connectivity index (χ2n) is 4.49. The van der Waals surface area contributed by atoms with Crippen LogP contribution in [0, 0.1) is 0 Å². The van der Waals surface area contributed by atoms with Crippen LogP contribution in [0.1, 0.15) is 10.5 Å². The Hall–Kier alpha value is -1.73. The van der Waals surface area contributed by atoms with E-state index in [1.54, 1.807) is 22.0 Å². The summed E-state index contributed by atoms with van der Waals surface area (Å²) in [4.78, 5) is 18.0. The van der Waals surface area contributed by atoms with Crippen LogP contribution >= 0.6 is 15.9 Å². The molecule has 0 atom stereocenters. The van der Waals surface area contributed by atoms with Crippen molar-refractivity contribution in [1.29, 1.82) is 0 Å². The molecule has 2 aromatic rings. The van der Waals surface area contributed by atoms with E-state index in [2.05, 4.69) is 26.0 Å². The third-order valence-electron chi connectivity index (χ3n) is 3.29. The molecule has 1 amide bonds. The minimum atomic E-state index is -0.106. The molecule has 0 spiro atoms. The minimum absolute atomic E-state index is 0.0330. The van der Waals surface area contributed by atoms with Crippen LogP contribution in [0.25, 0.3) is 11.3 Å². The van der Waals surface area contributed by atoms with Crippen molar-refractivity contribution in [2.75, 3.05) is 19.7 Å². The molecule has 0 fully saturated rings. The van der Waals surface area contributed by atoms with Crippen LogP contribution in [0.2, 0.25) is 0 Å². The van der Waals surface area contributed by atoms with Crippen molar-refractivity contribution in [1.82, 2.24) is 19.7 Å². The molecular formula is C13H13BrN4O2. The zero-order chi connectivity index (χ0) is 14.1. The first-order valence-corrected chi connectivity index (χ1v) is 7.08. The lowest BCUT2D eigenvalue weighted by Gasteiger charge is -2.26. The molecule has 1 N–H and O–H groups in total. The molecule has 0 saturated heterocycles. The molecule has 1 aliphatic heterocycles. The van der Waals surface area contributed by atoms with Gasteiger partial charge in [-0.25, -0.2) is 0 Å². The number of rotatable bonds is 3. The Bertz CT molecular complexity index is 641. The Kier molecular flexibility index (Phi) is 3.54. The van der Waals surface area contributed by atoms with Crippen molar-refractivity contribution < 1.29 is 9.90 Å². The summed E-state index contributed by atoms with van der Waals surface area (Å²) in [6, 6.07) is 3.71. The quantitative estimate of drug-likeness (QED) is 0.912. The smallest absolute Gasteiger partial charge is 0.273 e. The number of halogens is 1. The van der Waals surface area contributed by atoms with Crippen LogP contribution in [-0.4, -0.2) is 50.4 Å². The van der Waals surface area contributed by atoms with Gasteiger partial charge in [-0.3, -0.25) is 14.5 Å². The van der Waals surface area contributed by atoms with E-state index in [0.717, 1.165) is 11.3 Å². The van der Waals surface area contributed by atoms with Gasteiger partial charge in [0.25, 0.3) is 5.91 Å². The van der Waals surface area contributed by atoms with Gasteiger partial charge in [0.1, 0.15) is 11.4 Å². The van der Waals surface area contributed by atoms with E-state index >= 15 is 0 Å². The second kappa shape index (κ2) is 5.34. The number of hydrogen-bond donors (Lipinski definition) is 1. The van der Waals surface area contributed by atoms with E-state index in [0.29, 0.717) is 29.8 Å². The monoisotopic (exact) mass is 336 g/mol. The van der Waals surface area contributed by atoms with Crippen LogP contribution in [0.15, 0.2) is 29.0 Å². The number of hydrogen-bond acceptors (Lipinski definition) is 4. The van der Waals surface area contributed by atoms with Crippen molar-refractivity contribution in [2.45, 2.75) is 6.54 Å². The Labute approximate surface area is 124 Å². The van der Waals surface area contributed by atoms with Gasteiger partial charge >= 0.3 is 0 Å². The van der Waals surface area contributed by atoms with Gasteiger partial charge in [0.15, 0.2) is 0 Å². The van der Waals surface area contributed by atoms with E-state index < -0.39 is 0 Å². The van der Waals surface area contributed by atoms with Crippen LogP contribution < -0.4 is 0 Å². The summed E-state index contributed by atoms with van der Waals surface area (Å²) in [5.41, 5.74) is 2.19. The van der Waals surface area contributed by atoms with E-state index in [-0.39, 0.29) is 12.5 Å². The number of aromatic nitrogens is 3. The number of pyridine rings is 1. The average Bonchev–Trinajstić information content (AvgIpc) is 2.81. The predicted molar refractivity (Wildman–Crippen MR) is 76.1 cm³/mol. The van der Waals surface area contributed by atoms with Crippen LogP contribution in [0.4, 0.5) is 0 Å². The highest BCUT2D eigenvalue weighted by atomic mass is 79.9. The molecule has 2 aromatic heterocycles. The predicted octanol–water partition coefficient (Wildman–Crippen LogP) is 1.16. The van der Waals surface area contributed by atoms with Crippen LogP contribution in [0.3, 0.4) is 0 Å². The summed E-state index contributed by atoms with van der Waals surface area (Å²) in [6.07, 6.45) is 3.39. The number of amides is 1. The first-order valence-electron chi connectivity index (χ1n) is 6.29. The third kappa shape index (κ3) is 2.12. The van der Waals surface area contributed by atoms with Gasteiger partial charge in [0.05, 0.1) is 17.6 Å². The van der Waals surface area contributed by atoms with E-state index in [4.69, 9.17) is 5.11 Å². The number of carbonyl (C=O) groups excluding carboxylic acids is 1. The highest BCUT2D eigenvalue weighted by Gasteiger charge is 2.30. The summed E-state index contributed by atoms with van der Waals surface area (Å²) in [6.45, 7) is 1.51. The Morgan fingerprint density at radius 2 is 2.05 bits per heavy atom. The summed E-state index contributed by atoms with van der Waals surface area (Å²) in [7, 11) is 0. The molecule has 104 valence electrons. The molecule has 0 aromatic carbocycles. The fourth-order valence-electron chi connectivity index (χ4n) is 2.30. The number of aliphatic hydroxyl groups excluding tert-OH is 1. The molecule has 0 bridgehead atoms. The number of β-amino-alcohol motifs (C(OH)–C–C–N with tert-alkyl or cyclic N) is 1. The van der Waals surface area contributed by atoms with Gasteiger partial charge in [-0.05, 0) is 28.1 Å². The Morgan fingerprint density at radius 1 is 1.30 bits per heavy atom. The molecular weight excluding hydrogens is 324 g/mol. The number of fused-ring (bicyclic) bond motifs is 1. The fraction of sp³-hybridized carbons (Fsp3) is 0.308. The van der Waals surface area contributed by atoms with Gasteiger partial charge in [-0.15, -0.1) is 0 Å². The molecule has 0 aliphatic carbocycles. The lowest BCUT2D eigenvalue weighted by Crippen LogP contribution is -2.42. The number of nitrogens with zero attached hydrogens (tertiary/aromatic N) is 4. The topological polar surface area (TPSA) is 71.2 Å². The SMILES string of the molecule is O=C1c2c(Br)c(-c3ccncc3)nn2CCN1CCO. The normalized spacial score (nSPS) is 14.5. The molecule has 0 unspecified atom stereocenters. The lowest BCUT2D eigenvalue weighted by atomic mass is 10.2. The van der Waals surface area contributed by atoms with E-state index in [9.17, 15) is 4.79 Å². The van der Waals surface area contributed by atoms with Crippen LogP contribution in [-0.2, 0) is 6.54 Å². The van der Waals surface area contributed by atoms with Crippen molar-refractivity contribution in [3.8, 4) is 11.3 Å². The molecule has 3 heterocycles. The molecule has 6 nitrogen and oxygen atoms in total. The minimum Gasteiger partial charge on any atom is -0.395 e. The number of carbonyl (C=O) groups is 1. The van der Waals surface area contributed by atoms with Gasteiger partial charge in [-0.1, -0.05) is 0 Å². The Morgan fingerprint density at radius 3 is 2.75 bits per heavy atom. The highest BCUT2D eigenvalue weighted by Crippen LogP contribution is 2.32. The molecule has 0 radical (unpaired) electrons. The van der Waals surface area contributed by atoms with Gasteiger partial charge in [-0.2, -0.15) is 5.10 Å². The molecule has 20 heavy (non-hydrogen) atoms. The first-order chi connectivity index (χ1) is 9.72. The maximum atomic E-state index is 12.4. The lowest BCUT2D eigenvalue weighted by molar-refractivity contribution is 0.0660. The Balaban J connectivity index is 2.04. The van der Waals surface area contributed by atoms with Gasteiger partial charge < -0.3 is 10.0 Å². The van der Waals surface area contributed by atoms with E-state index in [1.165, 1.54) is 0 Å². The van der Waals surface area contributed by atoms with Crippen molar-refractivity contribution >= 4 is 21.8 Å². The average molecular weight is 337 g/mol. The zero-order valence-corrected chi connectivity index (χ0v) is 12.2. The highest BCUT2D eigenvalue weighted by molar-refractivity contribution is 9.10. The van der Waals surface area contributed by atoms with Crippen molar-refractivity contribution in [2.24, 2.45) is 0 Å². The van der Waals surface area contributed by atoms with Crippen LogP contribution in [0.5, 0.6) is 0 Å². The fourth-order valence-corrected chi connectivity index (χ4v) is 2.98. The van der Waals surface area contributed by atoms with Crippen molar-refractivity contribution in [3.05, 3.63) is 34.7 Å². The van der Waals surface area contributed by atoms with Gasteiger partial charge in [0, 0.05) is 31.0 Å². The summed E-state index contributed by atoms with van der Waals surface area (Å²) in [5.74, 6) is -0.106.